The average Bonchev–Trinajstić information content (AvgIpc) is 0.787. The van der Waals surface area contributed by atoms with E-state index in [2.05, 4.69) is 19.2 Å². The summed E-state index contributed by atoms with van der Waals surface area (Å²) in [6.45, 7) is 1.87. The summed E-state index contributed by atoms with van der Waals surface area (Å²) in [5.74, 6) is -0.233. The topological polar surface area (TPSA) is 307 Å². The van der Waals surface area contributed by atoms with Gasteiger partial charge in [-0.15, -0.1) is 0 Å². The van der Waals surface area contributed by atoms with Crippen LogP contribution >= 0.6 is 0 Å². The van der Waals surface area contributed by atoms with Crippen molar-refractivity contribution < 1.29 is 89.4 Å². The number of hydrogen-bond acceptors (Lipinski definition) is 18. The molecule has 0 aliphatic carbocycles. The van der Waals surface area contributed by atoms with Crippen LogP contribution in [0.4, 0.5) is 0 Å². The number of ether oxygens (including phenoxy) is 6. The highest BCUT2D eigenvalue weighted by Crippen LogP contribution is 2.33. The lowest BCUT2D eigenvalue weighted by Crippen LogP contribution is -2.66. The van der Waals surface area contributed by atoms with Crippen LogP contribution in [0.3, 0.4) is 0 Å². The lowest BCUT2D eigenvalue weighted by Gasteiger charge is -2.48. The van der Waals surface area contributed by atoms with Crippen molar-refractivity contribution in [2.45, 2.75) is 452 Å². The molecule has 12 N–H and O–H groups in total. The molecule has 17 unspecified atom stereocenters. The summed E-state index contributed by atoms with van der Waals surface area (Å²) < 4.78 is 34.5. The van der Waals surface area contributed by atoms with Crippen LogP contribution in [0.25, 0.3) is 0 Å². The van der Waals surface area contributed by atoms with Crippen LogP contribution in [-0.4, -0.2) is 193 Å². The second kappa shape index (κ2) is 58.3. The summed E-state index contributed by atoms with van der Waals surface area (Å²) in [6, 6.07) is -0.883. The monoisotopic (exact) mass is 1360 g/mol. The summed E-state index contributed by atoms with van der Waals surface area (Å²) in [6.07, 6.45) is 39.1. The summed E-state index contributed by atoms with van der Waals surface area (Å²) in [7, 11) is 0. The van der Waals surface area contributed by atoms with E-state index in [1.807, 2.05) is 0 Å². The van der Waals surface area contributed by atoms with Crippen molar-refractivity contribution in [2.24, 2.45) is 0 Å². The third kappa shape index (κ3) is 39.1. The number of amides is 1. The van der Waals surface area contributed by atoms with Crippen molar-refractivity contribution in [1.29, 1.82) is 0 Å². The van der Waals surface area contributed by atoms with Crippen LogP contribution in [0.5, 0.6) is 0 Å². The lowest BCUT2D eigenvalue weighted by atomic mass is 9.96. The summed E-state index contributed by atoms with van der Waals surface area (Å²) in [5, 5.41) is 121. The minimum absolute atomic E-state index is 0.233. The minimum atomic E-state index is -1.97. The van der Waals surface area contributed by atoms with E-state index in [0.717, 1.165) is 44.9 Å². The normalized spacial score (nSPS) is 27.1. The Balaban J connectivity index is 1.37. The van der Waals surface area contributed by atoms with Gasteiger partial charge in [-0.05, 0) is 12.8 Å². The first-order valence-corrected chi connectivity index (χ1v) is 39.8. The van der Waals surface area contributed by atoms with Gasteiger partial charge in [-0.2, -0.15) is 0 Å². The molecule has 19 heteroatoms. The molecule has 3 saturated heterocycles. The number of hydrogen-bond donors (Lipinski definition) is 12. The molecule has 3 aliphatic heterocycles. The highest BCUT2D eigenvalue weighted by Gasteiger charge is 2.54. The zero-order chi connectivity index (χ0) is 68.9. The number of nitrogens with one attached hydrogen (secondary N) is 1. The number of rotatable bonds is 64. The van der Waals surface area contributed by atoms with Gasteiger partial charge in [0.2, 0.25) is 5.91 Å². The predicted octanol–water partition coefficient (Wildman–Crippen LogP) is 12.6. The quantitative estimate of drug-likeness (QED) is 0.0252. The molecule has 0 spiro atoms. The fraction of sp³-hybridized carbons (Fsp3) is 0.987. The molecule has 0 bridgehead atoms. The molecule has 19 nitrogen and oxygen atoms in total. The van der Waals surface area contributed by atoms with Crippen LogP contribution in [0.2, 0.25) is 0 Å². The Morgan fingerprint density at radius 3 is 0.916 bits per heavy atom. The molecule has 0 aromatic heterocycles. The van der Waals surface area contributed by atoms with Gasteiger partial charge in [0.05, 0.1) is 38.6 Å². The SMILES string of the molecule is CCCCCCCCCCCCCCCCCCCCCCCCCCCCCCCC(O)C(COC1OC(CO)C(OC2OC(CO)C(OC3OC(CO)C(O)C(O)C3O)C(O)C2O)C(O)C1O)NC(=O)CCCCCCCCCCCCCCCCCCCCCCC. The van der Waals surface area contributed by atoms with Crippen molar-refractivity contribution in [3.8, 4) is 0 Å². The largest absolute Gasteiger partial charge is 0.394 e. The van der Waals surface area contributed by atoms with Crippen molar-refractivity contribution in [3.05, 3.63) is 0 Å². The number of aliphatic hydroxyl groups is 11. The average molecular weight is 1360 g/mol. The molecule has 564 valence electrons. The number of unbranched alkanes of at least 4 members (excludes halogenated alkanes) is 48. The van der Waals surface area contributed by atoms with Gasteiger partial charge in [0.25, 0.3) is 0 Å². The zero-order valence-corrected chi connectivity index (χ0v) is 60.2. The van der Waals surface area contributed by atoms with Gasteiger partial charge < -0.3 is 89.9 Å². The van der Waals surface area contributed by atoms with Crippen molar-refractivity contribution in [2.75, 3.05) is 26.4 Å². The fourth-order valence-electron chi connectivity index (χ4n) is 14.0. The molecule has 3 rings (SSSR count). The number of aliphatic hydroxyl groups excluding tert-OH is 11. The number of carbonyl (C=O) groups is 1. The van der Waals surface area contributed by atoms with Crippen LogP contribution in [0, 0.1) is 0 Å². The van der Waals surface area contributed by atoms with E-state index in [1.54, 1.807) is 0 Å². The third-order valence-electron chi connectivity index (χ3n) is 20.4. The molecule has 0 aromatic rings. The Labute approximate surface area is 576 Å². The lowest BCUT2D eigenvalue weighted by molar-refractivity contribution is -0.379. The Kier molecular flexibility index (Phi) is 54.0. The van der Waals surface area contributed by atoms with Crippen LogP contribution < -0.4 is 5.32 Å². The standard InChI is InChI=1S/C76H147NO18/c1-3-5-7-9-11-13-15-17-19-21-23-25-26-27-28-29-30-31-32-34-35-37-39-41-43-45-47-49-51-53-60(81)59(77-64(82)54-52-50-48-46-44-42-40-38-36-33-24-22-20-18-16-14-12-10-8-6-4-2)58-90-74-70(88)67(85)72(62(56-79)92-74)95-76-71(89)68(86)73(63(57-80)93-76)94-75-69(87)66(84)65(83)61(55-78)91-75/h59-63,65-76,78-81,83-89H,3-58H2,1-2H3,(H,77,82). The van der Waals surface area contributed by atoms with E-state index in [9.17, 15) is 61.0 Å². The second-order valence-electron chi connectivity index (χ2n) is 28.9. The molecule has 1 amide bonds. The van der Waals surface area contributed by atoms with Crippen molar-refractivity contribution >= 4 is 5.91 Å². The molecule has 95 heavy (non-hydrogen) atoms. The maximum atomic E-state index is 13.5. The summed E-state index contributed by atoms with van der Waals surface area (Å²) in [4.78, 5) is 13.5. The van der Waals surface area contributed by atoms with Crippen LogP contribution in [0.1, 0.15) is 348 Å². The molecule has 3 fully saturated rings. The van der Waals surface area contributed by atoms with Gasteiger partial charge in [-0.3, -0.25) is 4.79 Å². The Morgan fingerprint density at radius 2 is 0.600 bits per heavy atom. The van der Waals surface area contributed by atoms with E-state index >= 15 is 0 Å². The van der Waals surface area contributed by atoms with Gasteiger partial charge in [0.15, 0.2) is 18.9 Å². The second-order valence-corrected chi connectivity index (χ2v) is 28.9. The first-order chi connectivity index (χ1) is 46.3. The molecular weight excluding hydrogens is 1210 g/mol. The Hall–Kier alpha value is -1.21. The molecule has 0 radical (unpaired) electrons. The maximum absolute atomic E-state index is 13.5. The van der Waals surface area contributed by atoms with E-state index in [1.165, 1.54) is 270 Å². The van der Waals surface area contributed by atoms with Crippen molar-refractivity contribution in [1.82, 2.24) is 5.32 Å². The molecule has 0 aromatic carbocycles. The highest BCUT2D eigenvalue weighted by atomic mass is 16.8. The smallest absolute Gasteiger partial charge is 0.220 e. The zero-order valence-electron chi connectivity index (χ0n) is 60.2. The fourth-order valence-corrected chi connectivity index (χ4v) is 14.0. The minimum Gasteiger partial charge on any atom is -0.394 e. The van der Waals surface area contributed by atoms with E-state index in [0.29, 0.717) is 12.8 Å². The first kappa shape index (κ1) is 88.0. The Morgan fingerprint density at radius 1 is 0.337 bits per heavy atom. The van der Waals surface area contributed by atoms with Gasteiger partial charge in [-0.1, -0.05) is 328 Å². The van der Waals surface area contributed by atoms with Crippen LogP contribution in [-0.2, 0) is 33.2 Å². The number of carbonyl (C=O) groups excluding carboxylic acids is 1. The maximum Gasteiger partial charge on any atom is 0.220 e. The van der Waals surface area contributed by atoms with Gasteiger partial charge >= 0.3 is 0 Å². The molecule has 3 aliphatic rings. The van der Waals surface area contributed by atoms with Gasteiger partial charge in [-0.25, -0.2) is 0 Å². The van der Waals surface area contributed by atoms with Gasteiger partial charge in [0.1, 0.15) is 73.2 Å². The highest BCUT2D eigenvalue weighted by molar-refractivity contribution is 5.76. The molecule has 17 atom stereocenters. The first-order valence-electron chi connectivity index (χ1n) is 39.8. The van der Waals surface area contributed by atoms with E-state index in [-0.39, 0.29) is 18.9 Å². The molecule has 3 heterocycles. The summed E-state index contributed by atoms with van der Waals surface area (Å²) in [5.41, 5.74) is 0. The molecular formula is C76H147NO18. The van der Waals surface area contributed by atoms with Crippen molar-refractivity contribution in [3.63, 3.8) is 0 Å². The third-order valence-corrected chi connectivity index (χ3v) is 20.4. The van der Waals surface area contributed by atoms with Crippen LogP contribution in [0.15, 0.2) is 0 Å². The molecule has 0 saturated carbocycles. The predicted molar refractivity (Wildman–Crippen MR) is 374 cm³/mol. The van der Waals surface area contributed by atoms with E-state index < -0.39 is 124 Å². The van der Waals surface area contributed by atoms with Gasteiger partial charge in [0, 0.05) is 6.42 Å². The Bertz CT molecular complexity index is 1720. The van der Waals surface area contributed by atoms with E-state index in [4.69, 9.17) is 28.4 Å². The summed E-state index contributed by atoms with van der Waals surface area (Å²) >= 11 is 0.